The Morgan fingerprint density at radius 1 is 1.22 bits per heavy atom. The maximum absolute atomic E-state index is 12.5. The Morgan fingerprint density at radius 2 is 1.96 bits per heavy atom. The summed E-state index contributed by atoms with van der Waals surface area (Å²) in [5.41, 5.74) is 9.10. The second kappa shape index (κ2) is 7.01. The number of amides is 1. The number of fused-ring (bicyclic) bond motifs is 2. The molecule has 0 unspecified atom stereocenters. The highest BCUT2D eigenvalue weighted by molar-refractivity contribution is 9.10. The van der Waals surface area contributed by atoms with Crippen LogP contribution in [0.2, 0.25) is 0 Å². The summed E-state index contributed by atoms with van der Waals surface area (Å²) in [5, 5.41) is 12.0. The molecule has 3 heterocycles. The monoisotopic (exact) mass is 429 g/mol. The van der Waals surface area contributed by atoms with Gasteiger partial charge in [-0.25, -0.2) is 9.97 Å². The molecule has 0 aliphatic rings. The molecule has 4 rings (SSSR count). The average Bonchev–Trinajstić information content (AvgIpc) is 3.21. The zero-order chi connectivity index (χ0) is 19.0. The van der Waals surface area contributed by atoms with Crippen molar-refractivity contribution < 1.29 is 14.3 Å². The van der Waals surface area contributed by atoms with Gasteiger partial charge in [0.15, 0.2) is 16.1 Å². The number of carbonyl (C=O) groups is 1. The van der Waals surface area contributed by atoms with Crippen LogP contribution in [0.3, 0.4) is 0 Å². The molecule has 0 bridgehead atoms. The number of para-hydroxylation sites is 2. The number of anilines is 2. The van der Waals surface area contributed by atoms with Crippen molar-refractivity contribution in [2.45, 2.75) is 13.0 Å². The van der Waals surface area contributed by atoms with Crippen LogP contribution in [-0.2, 0) is 6.54 Å². The van der Waals surface area contributed by atoms with Gasteiger partial charge in [0.1, 0.15) is 17.0 Å². The van der Waals surface area contributed by atoms with E-state index in [1.54, 1.807) is 16.7 Å². The normalized spacial score (nSPS) is 11.3. The Kier molecular flexibility index (Phi) is 4.54. The number of halogens is 1. The maximum atomic E-state index is 12.5. The lowest BCUT2D eigenvalue weighted by Gasteiger charge is -2.10. The van der Waals surface area contributed by atoms with Gasteiger partial charge in [0.25, 0.3) is 5.91 Å². The molecule has 1 amide bonds. The van der Waals surface area contributed by atoms with Gasteiger partial charge in [-0.2, -0.15) is 0 Å². The lowest BCUT2D eigenvalue weighted by atomic mass is 10.3. The number of aryl methyl sites for hydroxylation is 1. The van der Waals surface area contributed by atoms with Crippen molar-refractivity contribution in [2.24, 2.45) is 0 Å². The van der Waals surface area contributed by atoms with Gasteiger partial charge in [0, 0.05) is 13.2 Å². The Bertz CT molecular complexity index is 1150. The molecule has 4 N–H and O–H groups in total. The number of nitrogens with one attached hydrogen (secondary N) is 1. The second-order valence-electron chi connectivity index (χ2n) is 5.93. The van der Waals surface area contributed by atoms with Crippen molar-refractivity contribution >= 4 is 55.5 Å². The fourth-order valence-electron chi connectivity index (χ4n) is 2.91. The summed E-state index contributed by atoms with van der Waals surface area (Å²) < 4.78 is 7.51. The molecule has 0 spiro atoms. The van der Waals surface area contributed by atoms with Gasteiger partial charge in [-0.1, -0.05) is 12.1 Å². The van der Waals surface area contributed by atoms with Crippen molar-refractivity contribution in [3.05, 3.63) is 46.8 Å². The maximum Gasteiger partial charge on any atom is 0.292 e. The first-order valence-electron chi connectivity index (χ1n) is 8.30. The minimum atomic E-state index is -0.440. The van der Waals surface area contributed by atoms with E-state index < -0.39 is 5.91 Å². The Balaban J connectivity index is 1.85. The molecule has 27 heavy (non-hydrogen) atoms. The number of hydrogen-bond acceptors (Lipinski definition) is 6. The lowest BCUT2D eigenvalue weighted by molar-refractivity contribution is 0.0994. The smallest absolute Gasteiger partial charge is 0.292 e. The van der Waals surface area contributed by atoms with Gasteiger partial charge in [-0.3, -0.25) is 4.79 Å². The van der Waals surface area contributed by atoms with Crippen LogP contribution < -0.4 is 11.1 Å². The highest BCUT2D eigenvalue weighted by atomic mass is 79.9. The summed E-state index contributed by atoms with van der Waals surface area (Å²) in [6, 6.07) is 10.7. The number of aromatic nitrogens is 3. The summed E-state index contributed by atoms with van der Waals surface area (Å²) >= 11 is 3.18. The molecule has 0 radical (unpaired) electrons. The topological polar surface area (TPSA) is 119 Å². The van der Waals surface area contributed by atoms with Crippen molar-refractivity contribution in [3.63, 3.8) is 0 Å². The summed E-state index contributed by atoms with van der Waals surface area (Å²) in [6.07, 6.45) is 0.479. The quantitative estimate of drug-likeness (QED) is 0.448. The highest BCUT2D eigenvalue weighted by Crippen LogP contribution is 2.32. The number of benzene rings is 1. The minimum absolute atomic E-state index is 0.000888. The molecular weight excluding hydrogens is 414 g/mol. The summed E-state index contributed by atoms with van der Waals surface area (Å²) in [7, 11) is 0. The molecule has 0 aliphatic carbocycles. The molecule has 8 nitrogen and oxygen atoms in total. The summed E-state index contributed by atoms with van der Waals surface area (Å²) in [4.78, 5) is 21.8. The number of hydrogen-bond donors (Lipinski definition) is 3. The number of carbonyl (C=O) groups excluding carboxylic acids is 1. The Labute approximate surface area is 162 Å². The summed E-state index contributed by atoms with van der Waals surface area (Å²) in [6.45, 7) is 0.424. The Hall–Kier alpha value is -2.91. The molecule has 0 fully saturated rings. The van der Waals surface area contributed by atoms with E-state index in [9.17, 15) is 9.90 Å². The standard InChI is InChI=1S/C18H16BrN5O3/c19-13-7-6-12(27-13)18(26)23-16-14(20)15-17(24(16)8-3-9-25)22-11-5-2-1-4-10(11)21-15/h1-2,4-7,25H,3,8-9,20H2,(H,23,26). The molecule has 0 aliphatic heterocycles. The van der Waals surface area contributed by atoms with Gasteiger partial charge in [0.05, 0.1) is 11.0 Å². The van der Waals surface area contributed by atoms with Gasteiger partial charge < -0.3 is 25.1 Å². The van der Waals surface area contributed by atoms with Crippen LogP contribution in [0.5, 0.6) is 0 Å². The van der Waals surface area contributed by atoms with E-state index in [0.29, 0.717) is 45.8 Å². The molecule has 3 aromatic heterocycles. The van der Waals surface area contributed by atoms with Crippen molar-refractivity contribution in [2.75, 3.05) is 17.7 Å². The fraction of sp³-hybridized carbons (Fsp3) is 0.167. The molecular formula is C18H16BrN5O3. The minimum Gasteiger partial charge on any atom is -0.444 e. The Morgan fingerprint density at radius 3 is 2.63 bits per heavy atom. The average molecular weight is 430 g/mol. The third-order valence-electron chi connectivity index (χ3n) is 4.16. The van der Waals surface area contributed by atoms with Crippen LogP contribution in [0.15, 0.2) is 45.5 Å². The van der Waals surface area contributed by atoms with E-state index in [2.05, 4.69) is 31.2 Å². The van der Waals surface area contributed by atoms with Crippen LogP contribution >= 0.6 is 15.9 Å². The van der Waals surface area contributed by atoms with Crippen LogP contribution in [0.4, 0.5) is 11.5 Å². The van der Waals surface area contributed by atoms with Crippen LogP contribution in [0.1, 0.15) is 17.0 Å². The van der Waals surface area contributed by atoms with E-state index in [0.717, 1.165) is 5.52 Å². The molecule has 9 heteroatoms. The third-order valence-corrected chi connectivity index (χ3v) is 4.58. The first-order chi connectivity index (χ1) is 13.1. The van der Waals surface area contributed by atoms with Crippen molar-refractivity contribution in [1.82, 2.24) is 14.5 Å². The van der Waals surface area contributed by atoms with E-state index in [4.69, 9.17) is 10.2 Å². The molecule has 138 valence electrons. The van der Waals surface area contributed by atoms with Crippen molar-refractivity contribution in [3.8, 4) is 0 Å². The number of furan rings is 1. The second-order valence-corrected chi connectivity index (χ2v) is 6.72. The molecule has 0 saturated heterocycles. The van der Waals surface area contributed by atoms with Crippen LogP contribution in [-0.4, -0.2) is 32.2 Å². The molecule has 0 saturated carbocycles. The number of nitrogens with zero attached hydrogens (tertiary/aromatic N) is 3. The number of aliphatic hydroxyl groups is 1. The fourth-order valence-corrected chi connectivity index (χ4v) is 3.22. The van der Waals surface area contributed by atoms with Crippen LogP contribution in [0, 0.1) is 0 Å². The zero-order valence-electron chi connectivity index (χ0n) is 14.1. The summed E-state index contributed by atoms with van der Waals surface area (Å²) in [5.74, 6) is 0.0857. The zero-order valence-corrected chi connectivity index (χ0v) is 15.7. The van der Waals surface area contributed by atoms with E-state index in [-0.39, 0.29) is 12.4 Å². The van der Waals surface area contributed by atoms with Gasteiger partial charge in [-0.15, -0.1) is 0 Å². The van der Waals surface area contributed by atoms with Gasteiger partial charge in [0.2, 0.25) is 0 Å². The van der Waals surface area contributed by atoms with Gasteiger partial charge >= 0.3 is 0 Å². The van der Waals surface area contributed by atoms with Crippen molar-refractivity contribution in [1.29, 1.82) is 0 Å². The number of nitrogen functional groups attached to an aromatic ring is 1. The molecule has 0 atom stereocenters. The third kappa shape index (κ3) is 3.15. The predicted octanol–water partition coefficient (Wildman–Crippen LogP) is 3.16. The molecule has 1 aromatic carbocycles. The van der Waals surface area contributed by atoms with E-state index in [1.807, 2.05) is 24.3 Å². The highest BCUT2D eigenvalue weighted by Gasteiger charge is 2.21. The van der Waals surface area contributed by atoms with E-state index in [1.165, 1.54) is 0 Å². The number of aliphatic hydroxyl groups excluding tert-OH is 1. The first-order valence-corrected chi connectivity index (χ1v) is 9.10. The SMILES string of the molecule is Nc1c(NC(=O)c2ccc(Br)o2)n(CCCO)c2nc3ccccc3nc12. The number of nitrogens with two attached hydrogens (primary N) is 1. The number of rotatable bonds is 5. The van der Waals surface area contributed by atoms with Gasteiger partial charge in [-0.05, 0) is 46.6 Å². The predicted molar refractivity (Wildman–Crippen MR) is 106 cm³/mol. The largest absolute Gasteiger partial charge is 0.444 e. The van der Waals surface area contributed by atoms with Crippen LogP contribution in [0.25, 0.3) is 22.2 Å². The van der Waals surface area contributed by atoms with E-state index >= 15 is 0 Å². The molecule has 4 aromatic rings. The lowest BCUT2D eigenvalue weighted by Crippen LogP contribution is -2.16. The first kappa shape index (κ1) is 17.5.